The van der Waals surface area contributed by atoms with E-state index in [0.717, 1.165) is 0 Å². The van der Waals surface area contributed by atoms with Crippen molar-refractivity contribution >= 4 is 11.8 Å². The summed E-state index contributed by atoms with van der Waals surface area (Å²) in [6.45, 7) is 1.10. The number of ether oxygens (including phenoxy) is 2. The monoisotopic (exact) mass is 422 g/mol. The predicted molar refractivity (Wildman–Crippen MR) is 102 cm³/mol. The number of nitrogens with zero attached hydrogens (tertiary/aromatic N) is 1. The Morgan fingerprint density at radius 1 is 1.07 bits per heavy atom. The van der Waals surface area contributed by atoms with Gasteiger partial charge in [-0.25, -0.2) is 0 Å². The van der Waals surface area contributed by atoms with E-state index in [1.54, 1.807) is 0 Å². The van der Waals surface area contributed by atoms with Gasteiger partial charge in [0.25, 0.3) is 0 Å². The van der Waals surface area contributed by atoms with Gasteiger partial charge in [0.05, 0.1) is 12.5 Å². The fourth-order valence-electron chi connectivity index (χ4n) is 3.12. The first kappa shape index (κ1) is 21.5. The quantitative estimate of drug-likeness (QED) is 0.664. The Balaban J connectivity index is 1.43. The van der Waals surface area contributed by atoms with Crippen LogP contribution in [-0.2, 0) is 16.1 Å². The number of rotatable bonds is 8. The number of carbonyl (C=O) groups excluding carboxylic acids is 2. The Morgan fingerprint density at radius 3 is 2.43 bits per heavy atom. The van der Waals surface area contributed by atoms with E-state index in [0.29, 0.717) is 24.5 Å². The van der Waals surface area contributed by atoms with E-state index in [2.05, 4.69) is 10.1 Å². The van der Waals surface area contributed by atoms with Gasteiger partial charge in [-0.15, -0.1) is 13.2 Å². The highest BCUT2D eigenvalue weighted by atomic mass is 19.4. The summed E-state index contributed by atoms with van der Waals surface area (Å²) in [5.74, 6) is -0.487. The highest BCUT2D eigenvalue weighted by molar-refractivity contribution is 5.89. The van der Waals surface area contributed by atoms with Gasteiger partial charge in [-0.1, -0.05) is 30.3 Å². The van der Waals surface area contributed by atoms with E-state index in [1.807, 2.05) is 30.3 Å². The summed E-state index contributed by atoms with van der Waals surface area (Å²) in [5.41, 5.74) is 0.648. The summed E-state index contributed by atoms with van der Waals surface area (Å²) >= 11 is 0. The van der Waals surface area contributed by atoms with Crippen LogP contribution in [0.25, 0.3) is 0 Å². The summed E-state index contributed by atoms with van der Waals surface area (Å²) in [5, 5.41) is 2.76. The summed E-state index contributed by atoms with van der Waals surface area (Å²) in [6.07, 6.45) is -4.65. The van der Waals surface area contributed by atoms with Crippen LogP contribution in [0.3, 0.4) is 0 Å². The second-order valence-corrected chi connectivity index (χ2v) is 6.82. The van der Waals surface area contributed by atoms with Gasteiger partial charge in [0.15, 0.2) is 0 Å². The average Bonchev–Trinajstić information content (AvgIpc) is 3.07. The van der Waals surface area contributed by atoms with Crippen LogP contribution < -0.4 is 14.8 Å². The number of alkyl halides is 3. The zero-order chi connectivity index (χ0) is 21.6. The van der Waals surface area contributed by atoms with Crippen LogP contribution in [-0.4, -0.2) is 42.8 Å². The van der Waals surface area contributed by atoms with Gasteiger partial charge < -0.3 is 19.7 Å². The molecule has 1 aliphatic heterocycles. The molecule has 2 aromatic carbocycles. The molecule has 1 heterocycles. The molecule has 9 heteroatoms. The smallest absolute Gasteiger partial charge is 0.492 e. The number of para-hydroxylation sites is 1. The van der Waals surface area contributed by atoms with Crippen molar-refractivity contribution in [1.82, 2.24) is 10.2 Å². The van der Waals surface area contributed by atoms with Crippen molar-refractivity contribution < 1.29 is 32.2 Å². The van der Waals surface area contributed by atoms with Crippen molar-refractivity contribution in [1.29, 1.82) is 0 Å². The normalized spacial score (nSPS) is 16.4. The van der Waals surface area contributed by atoms with Gasteiger partial charge in [-0.3, -0.25) is 9.59 Å². The number of likely N-dealkylation sites (tertiary alicyclic amines) is 1. The standard InChI is InChI=1S/C21H21F3N2O4/c22-21(23,24)30-18-8-6-15(7-9-18)13-26-14-16(12-19(26)27)20(28)25-10-11-29-17-4-2-1-3-5-17/h1-9,16H,10-14H2,(H,25,28)/t16-/m1/s1. The number of halogens is 3. The molecule has 2 aromatic rings. The lowest BCUT2D eigenvalue weighted by molar-refractivity contribution is -0.274. The molecule has 1 N–H and O–H groups in total. The third-order valence-electron chi connectivity index (χ3n) is 4.53. The molecule has 1 saturated heterocycles. The third-order valence-corrected chi connectivity index (χ3v) is 4.53. The molecule has 30 heavy (non-hydrogen) atoms. The number of hydrogen-bond donors (Lipinski definition) is 1. The Hall–Kier alpha value is -3.23. The fraction of sp³-hybridized carbons (Fsp3) is 0.333. The second kappa shape index (κ2) is 9.51. The molecule has 6 nitrogen and oxygen atoms in total. The largest absolute Gasteiger partial charge is 0.573 e. The zero-order valence-corrected chi connectivity index (χ0v) is 16.0. The summed E-state index contributed by atoms with van der Waals surface area (Å²) in [4.78, 5) is 26.0. The second-order valence-electron chi connectivity index (χ2n) is 6.82. The van der Waals surface area contributed by atoms with Crippen molar-refractivity contribution in [2.24, 2.45) is 5.92 Å². The lowest BCUT2D eigenvalue weighted by Gasteiger charge is -2.17. The molecule has 1 aliphatic rings. The number of benzene rings is 2. The molecule has 2 amide bonds. The van der Waals surface area contributed by atoms with Crippen LogP contribution in [0.2, 0.25) is 0 Å². The van der Waals surface area contributed by atoms with Crippen molar-refractivity contribution in [2.75, 3.05) is 19.7 Å². The van der Waals surface area contributed by atoms with Gasteiger partial charge in [0.2, 0.25) is 11.8 Å². The Bertz CT molecular complexity index is 857. The van der Waals surface area contributed by atoms with Crippen LogP contribution in [0.5, 0.6) is 11.5 Å². The van der Waals surface area contributed by atoms with Crippen molar-refractivity contribution in [3.63, 3.8) is 0 Å². The van der Waals surface area contributed by atoms with E-state index in [1.165, 1.54) is 29.2 Å². The van der Waals surface area contributed by atoms with Crippen LogP contribution >= 0.6 is 0 Å². The molecule has 0 aromatic heterocycles. The molecule has 0 spiro atoms. The fourth-order valence-corrected chi connectivity index (χ4v) is 3.12. The van der Waals surface area contributed by atoms with E-state index in [4.69, 9.17) is 4.74 Å². The Morgan fingerprint density at radius 2 is 1.77 bits per heavy atom. The SMILES string of the molecule is O=C(NCCOc1ccccc1)[C@@H]1CC(=O)N(Cc2ccc(OC(F)(F)F)cc2)C1. The van der Waals surface area contributed by atoms with Gasteiger partial charge in [0.1, 0.15) is 18.1 Å². The zero-order valence-electron chi connectivity index (χ0n) is 16.0. The predicted octanol–water partition coefficient (Wildman–Crippen LogP) is 3.13. The minimum atomic E-state index is -4.75. The maximum absolute atomic E-state index is 12.3. The molecule has 0 bridgehead atoms. The van der Waals surface area contributed by atoms with Gasteiger partial charge in [0, 0.05) is 19.5 Å². The average molecular weight is 422 g/mol. The van der Waals surface area contributed by atoms with Crippen LogP contribution in [0.4, 0.5) is 13.2 Å². The van der Waals surface area contributed by atoms with E-state index >= 15 is 0 Å². The van der Waals surface area contributed by atoms with Crippen molar-refractivity contribution in [3.05, 3.63) is 60.2 Å². The molecule has 3 rings (SSSR count). The number of carbonyl (C=O) groups is 2. The van der Waals surface area contributed by atoms with Crippen molar-refractivity contribution in [3.8, 4) is 11.5 Å². The summed E-state index contributed by atoms with van der Waals surface area (Å²) in [6, 6.07) is 14.5. The van der Waals surface area contributed by atoms with Crippen LogP contribution in [0.15, 0.2) is 54.6 Å². The third kappa shape index (κ3) is 6.40. The topological polar surface area (TPSA) is 67.9 Å². The molecule has 0 saturated carbocycles. The lowest BCUT2D eigenvalue weighted by Crippen LogP contribution is -2.35. The Kier molecular flexibility index (Phi) is 6.81. The van der Waals surface area contributed by atoms with E-state index in [-0.39, 0.29) is 37.1 Å². The van der Waals surface area contributed by atoms with Gasteiger partial charge in [-0.2, -0.15) is 0 Å². The maximum atomic E-state index is 12.3. The molecule has 160 valence electrons. The Labute approximate surface area is 171 Å². The molecule has 1 fully saturated rings. The van der Waals surface area contributed by atoms with Gasteiger partial charge >= 0.3 is 6.36 Å². The minimum absolute atomic E-state index is 0.0979. The first-order chi connectivity index (χ1) is 14.3. The molecule has 1 atom stereocenters. The number of amides is 2. The minimum Gasteiger partial charge on any atom is -0.492 e. The lowest BCUT2D eigenvalue weighted by atomic mass is 10.1. The maximum Gasteiger partial charge on any atom is 0.573 e. The van der Waals surface area contributed by atoms with Crippen molar-refractivity contribution in [2.45, 2.75) is 19.3 Å². The first-order valence-electron chi connectivity index (χ1n) is 9.38. The molecule has 0 aliphatic carbocycles. The summed E-state index contributed by atoms with van der Waals surface area (Å²) in [7, 11) is 0. The van der Waals surface area contributed by atoms with Crippen LogP contribution in [0, 0.1) is 5.92 Å². The molecule has 0 unspecified atom stereocenters. The van der Waals surface area contributed by atoms with E-state index < -0.39 is 12.3 Å². The van der Waals surface area contributed by atoms with E-state index in [9.17, 15) is 22.8 Å². The number of nitrogens with one attached hydrogen (secondary N) is 1. The highest BCUT2D eigenvalue weighted by Gasteiger charge is 2.34. The first-order valence-corrected chi connectivity index (χ1v) is 9.38. The highest BCUT2D eigenvalue weighted by Crippen LogP contribution is 2.24. The van der Waals surface area contributed by atoms with Crippen LogP contribution in [0.1, 0.15) is 12.0 Å². The number of hydrogen-bond acceptors (Lipinski definition) is 4. The molecule has 0 radical (unpaired) electrons. The molecular formula is C21H21F3N2O4. The van der Waals surface area contributed by atoms with Gasteiger partial charge in [-0.05, 0) is 29.8 Å². The molecular weight excluding hydrogens is 401 g/mol. The summed E-state index contributed by atoms with van der Waals surface area (Å²) < 4.78 is 46.0.